The standard InChI is InChI=1S/C35H38F3N7O3/c1-3-27(46)45-18-34(19-45)8-10-43(11-9-34)32-24-16-23(22-5-6-22)29(28-21(2)4-7-26-25(28)17-39-42-26)31(48-20-35(36,37)38)30(24)40-33(41-32)44-12-14-47-15-13-44/h3-4,7,16-17,22H,1,5-6,8-15,18-20H2,2H3,(H,39,42). The first kappa shape index (κ1) is 30.9. The minimum absolute atomic E-state index is 0.0452. The van der Waals surface area contributed by atoms with E-state index in [1.165, 1.54) is 6.08 Å². The van der Waals surface area contributed by atoms with Crippen LogP contribution in [0.1, 0.15) is 42.7 Å². The molecule has 13 heteroatoms. The molecule has 4 aromatic rings. The van der Waals surface area contributed by atoms with E-state index < -0.39 is 12.8 Å². The molecular weight excluding hydrogens is 623 g/mol. The van der Waals surface area contributed by atoms with E-state index in [1.807, 2.05) is 28.9 Å². The van der Waals surface area contributed by atoms with Crippen LogP contribution in [0.5, 0.6) is 5.75 Å². The van der Waals surface area contributed by atoms with E-state index in [2.05, 4.69) is 27.7 Å². The SMILES string of the molecule is C=CC(=O)N1CC2(CCN(c3nc(N4CCOCC4)nc4c(OCC(F)(F)F)c(-c5c(C)ccc6[nH]ncc56)c(C5CC5)cc34)CC2)C1. The Bertz CT molecular complexity index is 1900. The van der Waals surface area contributed by atoms with Crippen molar-refractivity contribution in [2.45, 2.75) is 44.7 Å². The molecular formula is C35H38F3N7O3. The fourth-order valence-electron chi connectivity index (χ4n) is 7.66. The van der Waals surface area contributed by atoms with Crippen LogP contribution in [-0.2, 0) is 9.53 Å². The van der Waals surface area contributed by atoms with Crippen LogP contribution in [-0.4, -0.2) is 96.2 Å². The Kier molecular flexibility index (Phi) is 7.50. The molecule has 5 heterocycles. The van der Waals surface area contributed by atoms with Crippen molar-refractivity contribution < 1.29 is 27.4 Å². The van der Waals surface area contributed by atoms with Gasteiger partial charge in [-0.15, -0.1) is 0 Å². The number of hydrogen-bond donors (Lipinski definition) is 1. The number of aromatic nitrogens is 4. The van der Waals surface area contributed by atoms with Gasteiger partial charge in [-0.1, -0.05) is 12.6 Å². The Morgan fingerprint density at radius 1 is 1.08 bits per heavy atom. The Hall–Kier alpha value is -4.39. The normalized spacial score (nSPS) is 19.6. The average Bonchev–Trinajstić information content (AvgIpc) is 3.81. The fourth-order valence-corrected chi connectivity index (χ4v) is 7.66. The quantitative estimate of drug-likeness (QED) is 0.250. The number of carbonyl (C=O) groups excluding carboxylic acids is 1. The topological polar surface area (TPSA) is 99.7 Å². The molecule has 1 aliphatic carbocycles. The molecule has 0 radical (unpaired) electrons. The van der Waals surface area contributed by atoms with Gasteiger partial charge in [0.05, 0.1) is 24.9 Å². The minimum atomic E-state index is -4.55. The number of carbonyl (C=O) groups is 1. The second kappa shape index (κ2) is 11.6. The summed E-state index contributed by atoms with van der Waals surface area (Å²) in [5, 5.41) is 8.80. The highest BCUT2D eigenvalue weighted by Crippen LogP contribution is 2.53. The van der Waals surface area contributed by atoms with Crippen LogP contribution in [0.3, 0.4) is 0 Å². The van der Waals surface area contributed by atoms with E-state index in [0.717, 1.165) is 53.3 Å². The monoisotopic (exact) mass is 661 g/mol. The van der Waals surface area contributed by atoms with Gasteiger partial charge in [0.2, 0.25) is 11.9 Å². The van der Waals surface area contributed by atoms with E-state index >= 15 is 0 Å². The van der Waals surface area contributed by atoms with Crippen LogP contribution < -0.4 is 14.5 Å². The minimum Gasteiger partial charge on any atom is -0.481 e. The summed E-state index contributed by atoms with van der Waals surface area (Å²) < 4.78 is 53.4. The number of ether oxygens (including phenoxy) is 2. The van der Waals surface area contributed by atoms with Crippen LogP contribution in [0.15, 0.2) is 37.1 Å². The lowest BCUT2D eigenvalue weighted by Gasteiger charge is -2.54. The predicted octanol–water partition coefficient (Wildman–Crippen LogP) is 5.75. The van der Waals surface area contributed by atoms with E-state index in [-0.39, 0.29) is 23.0 Å². The highest BCUT2D eigenvalue weighted by molar-refractivity contribution is 6.06. The van der Waals surface area contributed by atoms with E-state index in [9.17, 15) is 18.0 Å². The Morgan fingerprint density at radius 2 is 1.83 bits per heavy atom. The highest BCUT2D eigenvalue weighted by atomic mass is 19.4. The summed E-state index contributed by atoms with van der Waals surface area (Å²) in [4.78, 5) is 28.4. The second-order valence-electron chi connectivity index (χ2n) is 13.7. The summed E-state index contributed by atoms with van der Waals surface area (Å²) in [6.45, 7) is 9.13. The number of morpholine rings is 1. The molecule has 8 rings (SSSR count). The van der Waals surface area contributed by atoms with Crippen molar-refractivity contribution in [3.8, 4) is 16.9 Å². The summed E-state index contributed by atoms with van der Waals surface area (Å²) in [6, 6.07) is 6.00. The third-order valence-electron chi connectivity index (χ3n) is 10.4. The van der Waals surface area contributed by atoms with Gasteiger partial charge in [0.1, 0.15) is 11.3 Å². The zero-order valence-corrected chi connectivity index (χ0v) is 26.9. The molecule has 1 amide bonds. The average molecular weight is 662 g/mol. The summed E-state index contributed by atoms with van der Waals surface area (Å²) in [6.07, 6.45) is 2.16. The van der Waals surface area contributed by atoms with Crippen molar-refractivity contribution >= 4 is 39.5 Å². The molecule has 3 saturated heterocycles. The third-order valence-corrected chi connectivity index (χ3v) is 10.4. The van der Waals surface area contributed by atoms with Gasteiger partial charge in [-0.3, -0.25) is 9.89 Å². The molecule has 2 aromatic carbocycles. The van der Waals surface area contributed by atoms with Crippen molar-refractivity contribution in [2.75, 3.05) is 68.9 Å². The van der Waals surface area contributed by atoms with Gasteiger partial charge in [0.25, 0.3) is 0 Å². The number of rotatable bonds is 7. The molecule has 1 N–H and O–H groups in total. The first-order valence-corrected chi connectivity index (χ1v) is 16.6. The molecule has 1 spiro atoms. The highest BCUT2D eigenvalue weighted by Gasteiger charge is 2.46. The van der Waals surface area contributed by atoms with Crippen molar-refractivity contribution in [3.63, 3.8) is 0 Å². The fraction of sp³-hybridized carbons (Fsp3) is 0.486. The summed E-state index contributed by atoms with van der Waals surface area (Å²) in [5.74, 6) is 1.42. The second-order valence-corrected chi connectivity index (χ2v) is 13.7. The van der Waals surface area contributed by atoms with Crippen molar-refractivity contribution in [2.24, 2.45) is 5.41 Å². The molecule has 10 nitrogen and oxygen atoms in total. The zero-order valence-electron chi connectivity index (χ0n) is 26.9. The number of hydrogen-bond acceptors (Lipinski definition) is 8. The Labute approximate surface area is 275 Å². The largest absolute Gasteiger partial charge is 0.481 e. The van der Waals surface area contributed by atoms with Crippen LogP contribution in [0.2, 0.25) is 0 Å². The van der Waals surface area contributed by atoms with Gasteiger partial charge in [-0.05, 0) is 73.4 Å². The van der Waals surface area contributed by atoms with Crippen LogP contribution >= 0.6 is 0 Å². The van der Waals surface area contributed by atoms with Gasteiger partial charge in [-0.2, -0.15) is 23.3 Å². The molecule has 4 fully saturated rings. The molecule has 48 heavy (non-hydrogen) atoms. The molecule has 2 aromatic heterocycles. The van der Waals surface area contributed by atoms with E-state index in [1.54, 1.807) is 6.20 Å². The Morgan fingerprint density at radius 3 is 2.52 bits per heavy atom. The number of aryl methyl sites for hydroxylation is 1. The van der Waals surface area contributed by atoms with Gasteiger partial charge < -0.3 is 24.2 Å². The number of anilines is 2. The third kappa shape index (κ3) is 5.51. The molecule has 0 bridgehead atoms. The van der Waals surface area contributed by atoms with Gasteiger partial charge in [0.15, 0.2) is 12.4 Å². The summed E-state index contributed by atoms with van der Waals surface area (Å²) in [5.41, 5.74) is 4.54. The first-order valence-electron chi connectivity index (χ1n) is 16.6. The number of fused-ring (bicyclic) bond motifs is 2. The van der Waals surface area contributed by atoms with E-state index in [0.29, 0.717) is 80.7 Å². The number of likely N-dealkylation sites (tertiary alicyclic amines) is 1. The van der Waals surface area contributed by atoms with Crippen LogP contribution in [0.25, 0.3) is 32.9 Å². The van der Waals surface area contributed by atoms with Crippen LogP contribution in [0.4, 0.5) is 24.9 Å². The smallest absolute Gasteiger partial charge is 0.422 e. The van der Waals surface area contributed by atoms with Crippen molar-refractivity contribution in [3.05, 3.63) is 48.2 Å². The van der Waals surface area contributed by atoms with Crippen molar-refractivity contribution in [1.82, 2.24) is 25.1 Å². The van der Waals surface area contributed by atoms with Crippen LogP contribution in [0, 0.1) is 12.3 Å². The molecule has 0 atom stereocenters. The van der Waals surface area contributed by atoms with Gasteiger partial charge in [-0.25, -0.2) is 4.98 Å². The molecule has 252 valence electrons. The first-order chi connectivity index (χ1) is 23.1. The Balaban J connectivity index is 1.31. The van der Waals surface area contributed by atoms with Gasteiger partial charge in [0, 0.05) is 61.0 Å². The molecule has 0 unspecified atom stereocenters. The number of nitrogens with zero attached hydrogens (tertiary/aromatic N) is 6. The number of alkyl halides is 3. The predicted molar refractivity (Wildman–Crippen MR) is 177 cm³/mol. The summed E-state index contributed by atoms with van der Waals surface area (Å²) in [7, 11) is 0. The number of halogens is 3. The lowest BCUT2D eigenvalue weighted by Crippen LogP contribution is -2.61. The molecule has 3 aliphatic heterocycles. The summed E-state index contributed by atoms with van der Waals surface area (Å²) >= 11 is 0. The zero-order chi connectivity index (χ0) is 33.2. The number of amides is 1. The maximum absolute atomic E-state index is 13.9. The van der Waals surface area contributed by atoms with Crippen molar-refractivity contribution in [1.29, 1.82) is 0 Å². The molecule has 4 aliphatic rings. The lowest BCUT2D eigenvalue weighted by atomic mass is 9.72. The van der Waals surface area contributed by atoms with Gasteiger partial charge >= 0.3 is 6.18 Å². The maximum Gasteiger partial charge on any atom is 0.422 e. The number of benzene rings is 2. The maximum atomic E-state index is 13.9. The van der Waals surface area contributed by atoms with E-state index in [4.69, 9.17) is 19.4 Å². The number of aromatic amines is 1. The lowest BCUT2D eigenvalue weighted by molar-refractivity contribution is -0.153. The number of H-pyrrole nitrogens is 1. The molecule has 1 saturated carbocycles. The number of piperidine rings is 1. The number of nitrogens with one attached hydrogen (secondary N) is 1.